The first kappa shape index (κ1) is 28.3. The van der Waals surface area contributed by atoms with Crippen molar-refractivity contribution in [2.24, 2.45) is 0 Å². The lowest BCUT2D eigenvalue weighted by Crippen LogP contribution is -2.40. The molecule has 0 bridgehead atoms. The van der Waals surface area contributed by atoms with Gasteiger partial charge in [-0.15, -0.1) is 0 Å². The maximum absolute atomic E-state index is 14.8. The first-order chi connectivity index (χ1) is 17.4. The zero-order valence-electron chi connectivity index (χ0n) is 19.1. The van der Waals surface area contributed by atoms with Crippen molar-refractivity contribution >= 4 is 48.1 Å². The summed E-state index contributed by atoms with van der Waals surface area (Å²) in [6.45, 7) is 4.59. The summed E-state index contributed by atoms with van der Waals surface area (Å²) in [6.07, 6.45) is -0.408. The van der Waals surface area contributed by atoms with Gasteiger partial charge >= 0.3 is 0 Å². The topological polar surface area (TPSA) is 84.9 Å². The molecule has 1 aliphatic rings. The molecule has 0 radical (unpaired) electrons. The molecular formula is C25H22ClF3N2O5. The van der Waals surface area contributed by atoms with E-state index in [2.05, 4.69) is 5.32 Å². The van der Waals surface area contributed by atoms with Crippen molar-refractivity contribution in [2.45, 2.75) is 6.10 Å². The molecule has 0 aromatic heterocycles. The molecule has 1 unspecified atom stereocenters. The molecule has 1 amide bonds. The average molecular weight is 523 g/mol. The lowest BCUT2D eigenvalue weighted by Gasteiger charge is -2.36. The molecule has 1 aliphatic heterocycles. The van der Waals surface area contributed by atoms with Gasteiger partial charge in [0, 0.05) is 18.9 Å². The highest BCUT2D eigenvalue weighted by atomic mass is 35.5. The van der Waals surface area contributed by atoms with Gasteiger partial charge < -0.3 is 29.3 Å². The lowest BCUT2D eigenvalue weighted by molar-refractivity contribution is -0.0987. The van der Waals surface area contributed by atoms with E-state index >= 15 is 0 Å². The molecule has 1 heterocycles. The third-order valence-corrected chi connectivity index (χ3v) is 5.26. The van der Waals surface area contributed by atoms with Gasteiger partial charge in [-0.1, -0.05) is 17.7 Å². The molecule has 0 saturated carbocycles. The fraction of sp³-hybridized carbons (Fsp3) is 0.160. The third-order valence-electron chi connectivity index (χ3n) is 4.95. The molecule has 7 nitrogen and oxygen atoms in total. The van der Waals surface area contributed by atoms with E-state index in [-0.39, 0.29) is 23.1 Å². The maximum Gasteiger partial charge on any atom is 0.260 e. The number of nitrogens with zero attached hydrogens (tertiary/aromatic N) is 1. The summed E-state index contributed by atoms with van der Waals surface area (Å²) < 4.78 is 53.4. The Hall–Kier alpha value is -3.89. The highest BCUT2D eigenvalue weighted by Crippen LogP contribution is 2.41. The fourth-order valence-corrected chi connectivity index (χ4v) is 3.75. The van der Waals surface area contributed by atoms with Gasteiger partial charge in [-0.25, -0.2) is 13.2 Å². The van der Waals surface area contributed by atoms with Crippen molar-refractivity contribution in [3.05, 3.63) is 82.6 Å². The van der Waals surface area contributed by atoms with Crippen molar-refractivity contribution in [1.29, 1.82) is 0 Å². The van der Waals surface area contributed by atoms with Crippen LogP contribution in [0, 0.1) is 17.5 Å². The summed E-state index contributed by atoms with van der Waals surface area (Å²) in [5, 5.41) is 2.27. The van der Waals surface area contributed by atoms with Crippen LogP contribution in [0.25, 0.3) is 0 Å². The molecule has 1 N–H and O–H groups in total. The van der Waals surface area contributed by atoms with Crippen molar-refractivity contribution in [2.75, 3.05) is 30.5 Å². The minimum atomic E-state index is -0.894. The number of ether oxygens (including phenoxy) is 2. The van der Waals surface area contributed by atoms with E-state index in [1.54, 1.807) is 17.0 Å². The number of halogens is 4. The summed E-state index contributed by atoms with van der Waals surface area (Å²) in [7, 11) is 1.52. The molecule has 190 valence electrons. The zero-order chi connectivity index (χ0) is 26.8. The SMILES string of the molecule is C=O.C=O.COCC1CN(c2ccc(F)cc2)c2cc(NC(=O)c3c(F)cccc3Cl)c(F)cc2O1. The van der Waals surface area contributed by atoms with Gasteiger partial charge in [-0.05, 0) is 42.5 Å². The number of fused-ring (bicyclic) bond motifs is 1. The van der Waals surface area contributed by atoms with Crippen molar-refractivity contribution < 1.29 is 37.0 Å². The van der Waals surface area contributed by atoms with E-state index in [4.69, 9.17) is 30.7 Å². The minimum Gasteiger partial charge on any atom is -0.484 e. The first-order valence-electron chi connectivity index (χ1n) is 10.2. The monoisotopic (exact) mass is 522 g/mol. The summed E-state index contributed by atoms with van der Waals surface area (Å²) >= 11 is 5.94. The fourth-order valence-electron chi connectivity index (χ4n) is 3.50. The normalized spacial score (nSPS) is 13.7. The van der Waals surface area contributed by atoms with Crippen molar-refractivity contribution in [3.8, 4) is 5.75 Å². The molecule has 36 heavy (non-hydrogen) atoms. The average Bonchev–Trinajstić information content (AvgIpc) is 2.87. The van der Waals surface area contributed by atoms with Crippen LogP contribution in [0.3, 0.4) is 0 Å². The number of anilines is 3. The van der Waals surface area contributed by atoms with Gasteiger partial charge in [0.2, 0.25) is 0 Å². The Morgan fingerprint density at radius 3 is 2.36 bits per heavy atom. The van der Waals surface area contributed by atoms with E-state index in [0.29, 0.717) is 17.9 Å². The zero-order valence-corrected chi connectivity index (χ0v) is 19.9. The highest BCUT2D eigenvalue weighted by molar-refractivity contribution is 6.34. The number of benzene rings is 3. The summed E-state index contributed by atoms with van der Waals surface area (Å²) in [4.78, 5) is 30.4. The molecule has 0 aliphatic carbocycles. The lowest BCUT2D eigenvalue weighted by atomic mass is 10.1. The van der Waals surface area contributed by atoms with Crippen molar-refractivity contribution in [3.63, 3.8) is 0 Å². The van der Waals surface area contributed by atoms with Gasteiger partial charge in [0.25, 0.3) is 5.91 Å². The maximum atomic E-state index is 14.8. The predicted octanol–water partition coefficient (Wildman–Crippen LogP) is 5.19. The van der Waals surface area contributed by atoms with E-state index in [9.17, 15) is 18.0 Å². The Morgan fingerprint density at radius 1 is 1.08 bits per heavy atom. The van der Waals surface area contributed by atoms with Crippen LogP contribution in [0.5, 0.6) is 5.75 Å². The van der Waals surface area contributed by atoms with Gasteiger partial charge in [0.15, 0.2) is 5.82 Å². The molecule has 4 rings (SSSR count). The van der Waals surface area contributed by atoms with E-state index in [1.165, 1.54) is 37.4 Å². The molecule has 0 spiro atoms. The third kappa shape index (κ3) is 6.41. The number of amides is 1. The minimum absolute atomic E-state index is 0.0976. The summed E-state index contributed by atoms with van der Waals surface area (Å²) in [6, 6.07) is 12.1. The van der Waals surface area contributed by atoms with Gasteiger partial charge in [-0.2, -0.15) is 0 Å². The molecule has 3 aromatic carbocycles. The number of hydrogen-bond acceptors (Lipinski definition) is 6. The number of carbonyl (C=O) groups excluding carboxylic acids is 3. The first-order valence-corrected chi connectivity index (χ1v) is 10.6. The quantitative estimate of drug-likeness (QED) is 0.497. The highest BCUT2D eigenvalue weighted by Gasteiger charge is 2.29. The second kappa shape index (κ2) is 13.3. The van der Waals surface area contributed by atoms with Crippen LogP contribution in [-0.2, 0) is 14.3 Å². The number of methoxy groups -OCH3 is 1. The van der Waals surface area contributed by atoms with Gasteiger partial charge in [0.1, 0.15) is 37.1 Å². The Labute approximate surface area is 210 Å². The Morgan fingerprint density at radius 2 is 1.75 bits per heavy atom. The molecule has 11 heteroatoms. The number of hydrogen-bond donors (Lipinski definition) is 1. The van der Waals surface area contributed by atoms with Gasteiger partial charge in [-0.3, -0.25) is 4.79 Å². The smallest absolute Gasteiger partial charge is 0.260 e. The molecule has 1 atom stereocenters. The summed E-state index contributed by atoms with van der Waals surface area (Å²) in [5.74, 6) is -2.67. The second-order valence-electron chi connectivity index (χ2n) is 7.13. The number of nitrogens with one attached hydrogen (secondary N) is 1. The van der Waals surface area contributed by atoms with E-state index < -0.39 is 35.0 Å². The Balaban J connectivity index is 0.00000109. The van der Waals surface area contributed by atoms with Crippen LogP contribution in [0.15, 0.2) is 54.6 Å². The largest absolute Gasteiger partial charge is 0.484 e. The van der Waals surface area contributed by atoms with Crippen LogP contribution >= 0.6 is 11.6 Å². The molecule has 0 saturated heterocycles. The molecule has 0 fully saturated rings. The van der Waals surface area contributed by atoms with Crippen LogP contribution in [0.1, 0.15) is 10.4 Å². The van der Waals surface area contributed by atoms with Crippen LogP contribution < -0.4 is 15.0 Å². The molecule has 3 aromatic rings. The van der Waals surface area contributed by atoms with Crippen molar-refractivity contribution in [1.82, 2.24) is 0 Å². The van der Waals surface area contributed by atoms with Crippen LogP contribution in [0.4, 0.5) is 30.2 Å². The Bertz CT molecular complexity index is 1170. The van der Waals surface area contributed by atoms with E-state index in [1.807, 2.05) is 13.6 Å². The van der Waals surface area contributed by atoms with Crippen LogP contribution in [0.2, 0.25) is 5.02 Å². The summed E-state index contributed by atoms with van der Waals surface area (Å²) in [5.41, 5.74) is 0.505. The number of carbonyl (C=O) groups is 3. The Kier molecular flexibility index (Phi) is 10.4. The standard InChI is InChI=1S/C23H18ClF3N2O3.2CH2O/c1-31-12-15-11-29(14-7-5-13(25)6-8-14)20-10-19(18(27)9-21(20)32-15)28-23(30)22-16(24)3-2-4-17(22)26;2*1-2/h2-10,15H,11-12H2,1H3,(H,28,30);2*1H2. The second-order valence-corrected chi connectivity index (χ2v) is 7.54. The van der Waals surface area contributed by atoms with Crippen LogP contribution in [-0.4, -0.2) is 45.9 Å². The van der Waals surface area contributed by atoms with Gasteiger partial charge in [0.05, 0.1) is 35.1 Å². The molecular weight excluding hydrogens is 501 g/mol. The number of rotatable bonds is 5. The van der Waals surface area contributed by atoms with E-state index in [0.717, 1.165) is 12.1 Å². The predicted molar refractivity (Wildman–Crippen MR) is 130 cm³/mol.